The SMILES string of the molecule is CCOC(=O)N1CCN(C(=O)CC2=C(C(=O)OC)[C@H](c3c(Cl)cccc3Cl)C(C(=O)OC)=C(CS(=O)c3ccccc3)N2)CC1. The van der Waals surface area contributed by atoms with Crippen molar-refractivity contribution in [3.05, 3.63) is 86.7 Å². The lowest BCUT2D eigenvalue weighted by Crippen LogP contribution is -2.51. The molecule has 45 heavy (non-hydrogen) atoms. The van der Waals surface area contributed by atoms with Gasteiger partial charge in [-0.15, -0.1) is 0 Å². The molecule has 1 fully saturated rings. The van der Waals surface area contributed by atoms with Crippen molar-refractivity contribution < 1.29 is 37.6 Å². The van der Waals surface area contributed by atoms with Crippen molar-refractivity contribution in [3.63, 3.8) is 0 Å². The quantitative estimate of drug-likeness (QED) is 0.309. The molecule has 0 spiro atoms. The molecule has 1 saturated heterocycles. The zero-order chi connectivity index (χ0) is 32.7. The number of nitrogens with zero attached hydrogens (tertiary/aromatic N) is 2. The number of carbonyl (C=O) groups is 4. The largest absolute Gasteiger partial charge is 0.466 e. The predicted molar refractivity (Wildman–Crippen MR) is 168 cm³/mol. The molecule has 0 radical (unpaired) electrons. The van der Waals surface area contributed by atoms with Gasteiger partial charge in [0.1, 0.15) is 0 Å². The molecule has 2 aliphatic rings. The van der Waals surface area contributed by atoms with Crippen LogP contribution >= 0.6 is 23.2 Å². The standard InChI is InChI=1S/C31H33Cl2N3O8S/c1-4-44-31(40)36-15-13-35(14-16-36)24(37)17-22-26(29(38)42-2)28(25-20(32)11-8-12-21(25)33)27(30(39)43-3)23(34-22)18-45(41)19-9-6-5-7-10-19/h5-12,28,34H,4,13-18H2,1-3H3/t28-,45?/m0/s1. The van der Waals surface area contributed by atoms with Crippen molar-refractivity contribution >= 4 is 57.9 Å². The number of rotatable bonds is 9. The number of hydrogen-bond acceptors (Lipinski definition) is 9. The van der Waals surface area contributed by atoms with Gasteiger partial charge in [-0.2, -0.15) is 0 Å². The molecule has 2 aromatic carbocycles. The molecular weight excluding hydrogens is 645 g/mol. The first-order chi connectivity index (χ1) is 21.6. The summed E-state index contributed by atoms with van der Waals surface area (Å²) in [5.74, 6) is -3.40. The van der Waals surface area contributed by atoms with Crippen LogP contribution in [0.25, 0.3) is 0 Å². The van der Waals surface area contributed by atoms with Gasteiger partial charge in [0.05, 0.1) is 60.9 Å². The highest BCUT2D eigenvalue weighted by molar-refractivity contribution is 7.85. The third kappa shape index (κ3) is 7.69. The molecule has 2 amide bonds. The molecule has 11 nitrogen and oxygen atoms in total. The summed E-state index contributed by atoms with van der Waals surface area (Å²) in [5, 5.41) is 3.39. The fourth-order valence-corrected chi connectivity index (χ4v) is 6.98. The van der Waals surface area contributed by atoms with Crippen LogP contribution in [-0.4, -0.2) is 90.7 Å². The molecule has 1 N–H and O–H groups in total. The second-order valence-electron chi connectivity index (χ2n) is 10.0. The molecule has 2 aromatic rings. The number of ether oxygens (including phenoxy) is 3. The zero-order valence-electron chi connectivity index (χ0n) is 25.0. The molecule has 14 heteroatoms. The highest BCUT2D eigenvalue weighted by Gasteiger charge is 2.42. The minimum atomic E-state index is -1.65. The summed E-state index contributed by atoms with van der Waals surface area (Å²) in [5.41, 5.74) is 0.414. The van der Waals surface area contributed by atoms with E-state index in [0.717, 1.165) is 0 Å². The summed E-state index contributed by atoms with van der Waals surface area (Å²) in [4.78, 5) is 56.4. The highest BCUT2D eigenvalue weighted by atomic mass is 35.5. The van der Waals surface area contributed by atoms with Crippen molar-refractivity contribution in [1.29, 1.82) is 0 Å². The van der Waals surface area contributed by atoms with Crippen LogP contribution in [0, 0.1) is 0 Å². The normalized spacial score (nSPS) is 17.4. The lowest BCUT2D eigenvalue weighted by atomic mass is 9.79. The average Bonchev–Trinajstić information content (AvgIpc) is 3.04. The van der Waals surface area contributed by atoms with E-state index in [1.807, 2.05) is 0 Å². The number of halogens is 2. The van der Waals surface area contributed by atoms with Crippen LogP contribution in [-0.2, 0) is 39.4 Å². The van der Waals surface area contributed by atoms with Crippen LogP contribution in [0.3, 0.4) is 0 Å². The molecule has 240 valence electrons. The van der Waals surface area contributed by atoms with E-state index in [2.05, 4.69) is 5.32 Å². The van der Waals surface area contributed by atoms with Gasteiger partial charge in [-0.1, -0.05) is 47.5 Å². The Balaban J connectivity index is 1.80. The molecule has 0 bridgehead atoms. The van der Waals surface area contributed by atoms with Crippen LogP contribution in [0.4, 0.5) is 4.79 Å². The second-order valence-corrected chi connectivity index (χ2v) is 12.3. The maximum atomic E-state index is 13.7. The van der Waals surface area contributed by atoms with Gasteiger partial charge in [-0.25, -0.2) is 14.4 Å². The summed E-state index contributed by atoms with van der Waals surface area (Å²) >= 11 is 13.3. The lowest BCUT2D eigenvalue weighted by Gasteiger charge is -2.36. The van der Waals surface area contributed by atoms with E-state index in [4.69, 9.17) is 37.4 Å². The Kier molecular flexibility index (Phi) is 11.7. The maximum absolute atomic E-state index is 13.7. The number of amides is 2. The Morgan fingerprint density at radius 1 is 0.844 bits per heavy atom. The minimum absolute atomic E-state index is 0.0450. The van der Waals surface area contributed by atoms with Crippen molar-refractivity contribution in [3.8, 4) is 0 Å². The van der Waals surface area contributed by atoms with Crippen molar-refractivity contribution in [2.45, 2.75) is 24.2 Å². The van der Waals surface area contributed by atoms with Gasteiger partial charge < -0.3 is 29.3 Å². The fraction of sp³-hybridized carbons (Fsp3) is 0.355. The number of carbonyl (C=O) groups excluding carboxylic acids is 4. The molecule has 0 saturated carbocycles. The van der Waals surface area contributed by atoms with Gasteiger partial charge in [0.2, 0.25) is 5.91 Å². The fourth-order valence-electron chi connectivity index (χ4n) is 5.24. The number of esters is 2. The lowest BCUT2D eigenvalue weighted by molar-refractivity contribution is -0.137. The molecule has 1 unspecified atom stereocenters. The third-order valence-electron chi connectivity index (χ3n) is 7.40. The Morgan fingerprint density at radius 3 is 1.96 bits per heavy atom. The smallest absolute Gasteiger partial charge is 0.409 e. The van der Waals surface area contributed by atoms with Crippen LogP contribution in [0.2, 0.25) is 10.0 Å². The monoisotopic (exact) mass is 677 g/mol. The van der Waals surface area contributed by atoms with Crippen LogP contribution in [0.5, 0.6) is 0 Å². The van der Waals surface area contributed by atoms with E-state index >= 15 is 0 Å². The number of dihydropyridines is 1. The summed E-state index contributed by atoms with van der Waals surface area (Å²) < 4.78 is 28.9. The van der Waals surface area contributed by atoms with E-state index in [1.165, 1.54) is 19.1 Å². The molecule has 2 aliphatic heterocycles. The summed E-state index contributed by atoms with van der Waals surface area (Å²) in [6.07, 6.45) is -0.761. The average molecular weight is 679 g/mol. The van der Waals surface area contributed by atoms with Crippen molar-refractivity contribution in [2.75, 3.05) is 52.8 Å². The number of benzene rings is 2. The summed E-state index contributed by atoms with van der Waals surface area (Å²) in [6.45, 7) is 2.98. The molecule has 2 heterocycles. The molecule has 0 aromatic heterocycles. The van der Waals surface area contributed by atoms with Gasteiger partial charge in [-0.3, -0.25) is 9.00 Å². The van der Waals surface area contributed by atoms with Crippen LogP contribution in [0.15, 0.2) is 76.0 Å². The molecule has 2 atom stereocenters. The number of nitrogens with one attached hydrogen (secondary N) is 1. The maximum Gasteiger partial charge on any atom is 0.409 e. The molecule has 4 rings (SSSR count). The Labute approximate surface area is 273 Å². The zero-order valence-corrected chi connectivity index (χ0v) is 27.3. The Morgan fingerprint density at radius 2 is 1.40 bits per heavy atom. The van der Waals surface area contributed by atoms with Crippen LogP contribution < -0.4 is 5.32 Å². The van der Waals surface area contributed by atoms with E-state index in [-0.39, 0.29) is 89.0 Å². The Hall–Kier alpha value is -3.87. The molecule has 0 aliphatic carbocycles. The number of hydrogen-bond donors (Lipinski definition) is 1. The van der Waals surface area contributed by atoms with E-state index in [1.54, 1.807) is 60.4 Å². The topological polar surface area (TPSA) is 132 Å². The van der Waals surface area contributed by atoms with Crippen molar-refractivity contribution in [2.24, 2.45) is 0 Å². The predicted octanol–water partition coefficient (Wildman–Crippen LogP) is 4.03. The highest BCUT2D eigenvalue weighted by Crippen LogP contribution is 2.45. The minimum Gasteiger partial charge on any atom is -0.466 e. The van der Waals surface area contributed by atoms with Gasteiger partial charge >= 0.3 is 18.0 Å². The van der Waals surface area contributed by atoms with E-state index in [9.17, 15) is 23.4 Å². The van der Waals surface area contributed by atoms with Crippen LogP contribution in [0.1, 0.15) is 24.8 Å². The van der Waals surface area contributed by atoms with Crippen molar-refractivity contribution in [1.82, 2.24) is 15.1 Å². The second kappa shape index (κ2) is 15.4. The first kappa shape index (κ1) is 34.0. The first-order valence-electron chi connectivity index (χ1n) is 14.1. The number of methoxy groups -OCH3 is 2. The summed E-state index contributed by atoms with van der Waals surface area (Å²) in [6, 6.07) is 13.4. The van der Waals surface area contributed by atoms with E-state index in [0.29, 0.717) is 4.90 Å². The third-order valence-corrected chi connectivity index (χ3v) is 9.40. The van der Waals surface area contributed by atoms with Gasteiger partial charge in [0, 0.05) is 58.1 Å². The van der Waals surface area contributed by atoms with Gasteiger partial charge in [-0.05, 0) is 31.2 Å². The van der Waals surface area contributed by atoms with Gasteiger partial charge in [0.15, 0.2) is 0 Å². The van der Waals surface area contributed by atoms with E-state index < -0.39 is 34.7 Å². The molecular formula is C31H33Cl2N3O8S. The Bertz CT molecular complexity index is 1530. The summed E-state index contributed by atoms with van der Waals surface area (Å²) in [7, 11) is 0.714. The number of piperazine rings is 1. The van der Waals surface area contributed by atoms with Gasteiger partial charge in [0.25, 0.3) is 0 Å². The first-order valence-corrected chi connectivity index (χ1v) is 16.1.